The second-order valence-corrected chi connectivity index (χ2v) is 7.11. The molecule has 1 saturated heterocycles. The van der Waals surface area contributed by atoms with Gasteiger partial charge in [0.2, 0.25) is 0 Å². The number of carbonyl (C=O) groups is 1. The van der Waals surface area contributed by atoms with Crippen molar-refractivity contribution in [1.82, 2.24) is 15.6 Å². The number of halogens is 1. The molecule has 6 heteroatoms. The van der Waals surface area contributed by atoms with Crippen molar-refractivity contribution in [3.05, 3.63) is 90.0 Å². The fraction of sp³-hybridized carbons (Fsp3) is 0.217. The molecule has 0 spiro atoms. The summed E-state index contributed by atoms with van der Waals surface area (Å²) in [5.74, 6) is -0.430. The van der Waals surface area contributed by atoms with Crippen LogP contribution in [0.2, 0.25) is 0 Å². The molecule has 3 N–H and O–H groups in total. The van der Waals surface area contributed by atoms with E-state index in [9.17, 15) is 14.3 Å². The molecule has 0 aliphatic carbocycles. The summed E-state index contributed by atoms with van der Waals surface area (Å²) in [6.07, 6.45) is 1.58. The lowest BCUT2D eigenvalue weighted by atomic mass is 9.77. The van der Waals surface area contributed by atoms with Gasteiger partial charge in [0.05, 0.1) is 6.61 Å². The second kappa shape index (κ2) is 8.51. The zero-order chi connectivity index (χ0) is 20.2. The van der Waals surface area contributed by atoms with E-state index in [0.29, 0.717) is 17.8 Å². The zero-order valence-corrected chi connectivity index (χ0v) is 15.8. The summed E-state index contributed by atoms with van der Waals surface area (Å²) in [6.45, 7) is 0.427. The number of aromatic nitrogens is 1. The van der Waals surface area contributed by atoms with E-state index in [-0.39, 0.29) is 36.3 Å². The molecule has 29 heavy (non-hydrogen) atoms. The summed E-state index contributed by atoms with van der Waals surface area (Å²) < 4.78 is 14.0. The Morgan fingerprint density at radius 2 is 1.79 bits per heavy atom. The molecule has 0 bridgehead atoms. The summed E-state index contributed by atoms with van der Waals surface area (Å²) in [4.78, 5) is 16.3. The Balaban J connectivity index is 1.45. The third-order valence-electron chi connectivity index (χ3n) is 5.35. The Bertz CT molecular complexity index is 979. The van der Waals surface area contributed by atoms with Crippen molar-refractivity contribution in [1.29, 1.82) is 0 Å². The minimum Gasteiger partial charge on any atom is -0.395 e. The number of aliphatic hydroxyl groups excluding tert-OH is 1. The molecular weight excluding hydrogens is 369 g/mol. The van der Waals surface area contributed by atoms with Gasteiger partial charge in [0, 0.05) is 36.3 Å². The highest BCUT2D eigenvalue weighted by Crippen LogP contribution is 2.33. The van der Waals surface area contributed by atoms with Crippen molar-refractivity contribution in [3.8, 4) is 11.1 Å². The Morgan fingerprint density at radius 1 is 1.03 bits per heavy atom. The van der Waals surface area contributed by atoms with E-state index < -0.39 is 0 Å². The van der Waals surface area contributed by atoms with E-state index in [1.807, 2.05) is 30.3 Å². The van der Waals surface area contributed by atoms with E-state index in [1.165, 1.54) is 6.07 Å². The minimum absolute atomic E-state index is 0.000811. The number of rotatable bonds is 6. The standard InChI is InChI=1S/C23H22FN3O2/c24-18-6-2-1-5-17(18)15-8-10-16(11-9-15)22-20(27-21(22)14-28)13-26-23(29)19-7-3-4-12-25-19/h1-12,20-22,27-28H,13-14H2,(H,26,29)/t20-,21-,22+/m0/s1. The molecule has 1 aliphatic rings. The fourth-order valence-corrected chi connectivity index (χ4v) is 3.83. The molecule has 5 nitrogen and oxygen atoms in total. The van der Waals surface area contributed by atoms with Gasteiger partial charge in [0.15, 0.2) is 0 Å². The van der Waals surface area contributed by atoms with Crippen molar-refractivity contribution < 1.29 is 14.3 Å². The van der Waals surface area contributed by atoms with Gasteiger partial charge in [0.25, 0.3) is 5.91 Å². The molecule has 148 valence electrons. The lowest BCUT2D eigenvalue weighted by Crippen LogP contribution is -2.64. The van der Waals surface area contributed by atoms with Gasteiger partial charge in [-0.3, -0.25) is 9.78 Å². The lowest BCUT2D eigenvalue weighted by molar-refractivity contribution is 0.0905. The van der Waals surface area contributed by atoms with Crippen molar-refractivity contribution >= 4 is 5.91 Å². The Hall–Kier alpha value is -3.09. The van der Waals surface area contributed by atoms with Crippen LogP contribution in [-0.2, 0) is 0 Å². The summed E-state index contributed by atoms with van der Waals surface area (Å²) in [5.41, 5.74) is 2.78. The first-order valence-electron chi connectivity index (χ1n) is 9.58. The number of amides is 1. The predicted molar refractivity (Wildman–Crippen MR) is 109 cm³/mol. The minimum atomic E-state index is -0.256. The van der Waals surface area contributed by atoms with Crippen LogP contribution in [-0.4, -0.2) is 41.2 Å². The fourth-order valence-electron chi connectivity index (χ4n) is 3.83. The van der Waals surface area contributed by atoms with Crippen LogP contribution in [0.3, 0.4) is 0 Å². The topological polar surface area (TPSA) is 74.2 Å². The molecule has 2 heterocycles. The quantitative estimate of drug-likeness (QED) is 0.604. The molecule has 0 radical (unpaired) electrons. The van der Waals surface area contributed by atoms with Gasteiger partial charge >= 0.3 is 0 Å². The van der Waals surface area contributed by atoms with Crippen molar-refractivity contribution in [3.63, 3.8) is 0 Å². The second-order valence-electron chi connectivity index (χ2n) is 7.11. The maximum Gasteiger partial charge on any atom is 0.269 e. The highest BCUT2D eigenvalue weighted by Gasteiger charge is 2.40. The number of nitrogens with one attached hydrogen (secondary N) is 2. The van der Waals surface area contributed by atoms with E-state index in [0.717, 1.165) is 11.1 Å². The van der Waals surface area contributed by atoms with Gasteiger partial charge in [-0.2, -0.15) is 0 Å². The van der Waals surface area contributed by atoms with Gasteiger partial charge in [-0.25, -0.2) is 4.39 Å². The van der Waals surface area contributed by atoms with Crippen molar-refractivity contribution in [2.24, 2.45) is 0 Å². The average molecular weight is 391 g/mol. The summed E-state index contributed by atoms with van der Waals surface area (Å²) >= 11 is 0. The molecule has 1 aromatic heterocycles. The van der Waals surface area contributed by atoms with Crippen LogP contribution in [0, 0.1) is 5.82 Å². The molecule has 3 atom stereocenters. The first-order valence-corrected chi connectivity index (χ1v) is 9.58. The van der Waals surface area contributed by atoms with Crippen LogP contribution < -0.4 is 10.6 Å². The molecule has 1 amide bonds. The van der Waals surface area contributed by atoms with Gasteiger partial charge in [-0.1, -0.05) is 48.5 Å². The number of hydrogen-bond donors (Lipinski definition) is 3. The molecular formula is C23H22FN3O2. The monoisotopic (exact) mass is 391 g/mol. The molecule has 0 unspecified atom stereocenters. The molecule has 3 aromatic rings. The van der Waals surface area contributed by atoms with Crippen LogP contribution in [0.25, 0.3) is 11.1 Å². The predicted octanol–water partition coefficient (Wildman–Crippen LogP) is 2.73. The van der Waals surface area contributed by atoms with Gasteiger partial charge in [-0.05, 0) is 29.3 Å². The van der Waals surface area contributed by atoms with Gasteiger partial charge in [-0.15, -0.1) is 0 Å². The Morgan fingerprint density at radius 3 is 2.48 bits per heavy atom. The lowest BCUT2D eigenvalue weighted by Gasteiger charge is -2.46. The number of carbonyl (C=O) groups excluding carboxylic acids is 1. The number of aliphatic hydroxyl groups is 1. The average Bonchev–Trinajstić information content (AvgIpc) is 2.75. The van der Waals surface area contributed by atoms with Gasteiger partial charge < -0.3 is 15.7 Å². The third-order valence-corrected chi connectivity index (χ3v) is 5.35. The summed E-state index contributed by atoms with van der Waals surface area (Å²) in [7, 11) is 0. The van der Waals surface area contributed by atoms with Crippen LogP contribution in [0.15, 0.2) is 72.9 Å². The number of nitrogens with zero attached hydrogens (tertiary/aromatic N) is 1. The first kappa shape index (κ1) is 19.2. The number of pyridine rings is 1. The molecule has 4 rings (SSSR count). The summed E-state index contributed by atoms with van der Waals surface area (Å²) in [6, 6.07) is 19.5. The van der Waals surface area contributed by atoms with E-state index >= 15 is 0 Å². The van der Waals surface area contributed by atoms with E-state index in [2.05, 4.69) is 15.6 Å². The van der Waals surface area contributed by atoms with E-state index in [1.54, 1.807) is 36.5 Å². The largest absolute Gasteiger partial charge is 0.395 e. The molecule has 0 saturated carbocycles. The van der Waals surface area contributed by atoms with Crippen molar-refractivity contribution in [2.75, 3.05) is 13.2 Å². The number of hydrogen-bond acceptors (Lipinski definition) is 4. The smallest absolute Gasteiger partial charge is 0.269 e. The molecule has 1 aliphatic heterocycles. The maximum absolute atomic E-state index is 14.0. The molecule has 2 aromatic carbocycles. The molecule has 1 fully saturated rings. The van der Waals surface area contributed by atoms with Crippen LogP contribution >= 0.6 is 0 Å². The van der Waals surface area contributed by atoms with Crippen LogP contribution in [0.5, 0.6) is 0 Å². The Kier molecular flexibility index (Phi) is 5.64. The highest BCUT2D eigenvalue weighted by atomic mass is 19.1. The highest BCUT2D eigenvalue weighted by molar-refractivity contribution is 5.92. The Labute approximate surface area is 168 Å². The third kappa shape index (κ3) is 4.04. The van der Waals surface area contributed by atoms with E-state index in [4.69, 9.17) is 0 Å². The first-order chi connectivity index (χ1) is 14.2. The zero-order valence-electron chi connectivity index (χ0n) is 15.8. The normalized spacial score (nSPS) is 20.7. The van der Waals surface area contributed by atoms with Crippen LogP contribution in [0.4, 0.5) is 4.39 Å². The maximum atomic E-state index is 14.0. The van der Waals surface area contributed by atoms with Crippen LogP contribution in [0.1, 0.15) is 22.0 Å². The summed E-state index contributed by atoms with van der Waals surface area (Å²) in [5, 5.41) is 15.8. The number of benzene rings is 2. The van der Waals surface area contributed by atoms with Crippen molar-refractivity contribution in [2.45, 2.75) is 18.0 Å². The van der Waals surface area contributed by atoms with Gasteiger partial charge in [0.1, 0.15) is 11.5 Å². The SMILES string of the molecule is O=C(NC[C@@H]1N[C@@H](CO)[C@@H]1c1ccc(-c2ccccc2F)cc1)c1ccccn1.